The fourth-order valence-corrected chi connectivity index (χ4v) is 1.96. The summed E-state index contributed by atoms with van der Waals surface area (Å²) >= 11 is 0. The number of rotatable bonds is 5. The standard InChI is InChI=1S/C12H19NO3/c1-2-3-7-13-12(15)10-5-4-6-11(8-10)16-9-14/h3,7,9-11H,2,4-6,8H2,1H3,(H,13,15)/b7-3-. The van der Waals surface area contributed by atoms with E-state index >= 15 is 0 Å². The molecule has 0 radical (unpaired) electrons. The highest BCUT2D eigenvalue weighted by Gasteiger charge is 2.27. The molecule has 0 bridgehead atoms. The average molecular weight is 225 g/mol. The predicted octanol–water partition coefficient (Wildman–Crippen LogP) is 1.76. The van der Waals surface area contributed by atoms with Gasteiger partial charge >= 0.3 is 0 Å². The third kappa shape index (κ3) is 4.04. The number of ether oxygens (including phenoxy) is 1. The number of carbonyl (C=O) groups is 2. The van der Waals surface area contributed by atoms with E-state index in [2.05, 4.69) is 5.32 Å². The third-order valence-electron chi connectivity index (χ3n) is 2.82. The predicted molar refractivity (Wildman–Crippen MR) is 60.5 cm³/mol. The van der Waals surface area contributed by atoms with Gasteiger partial charge in [-0.2, -0.15) is 0 Å². The fraction of sp³-hybridized carbons (Fsp3) is 0.667. The highest BCUT2D eigenvalue weighted by molar-refractivity contribution is 5.79. The molecule has 90 valence electrons. The van der Waals surface area contributed by atoms with Gasteiger partial charge in [0, 0.05) is 5.92 Å². The van der Waals surface area contributed by atoms with E-state index in [9.17, 15) is 9.59 Å². The van der Waals surface area contributed by atoms with Crippen LogP contribution >= 0.6 is 0 Å². The summed E-state index contributed by atoms with van der Waals surface area (Å²) in [6, 6.07) is 0. The zero-order chi connectivity index (χ0) is 11.8. The Morgan fingerprint density at radius 1 is 1.50 bits per heavy atom. The Hall–Kier alpha value is -1.32. The summed E-state index contributed by atoms with van der Waals surface area (Å²) in [6.45, 7) is 2.49. The summed E-state index contributed by atoms with van der Waals surface area (Å²) in [6.07, 6.45) is 7.74. The summed E-state index contributed by atoms with van der Waals surface area (Å²) in [4.78, 5) is 21.9. The third-order valence-corrected chi connectivity index (χ3v) is 2.82. The topological polar surface area (TPSA) is 55.4 Å². The Kier molecular flexibility index (Phi) is 5.61. The summed E-state index contributed by atoms with van der Waals surface area (Å²) in [5.74, 6) is 0.00380. The molecule has 0 aliphatic heterocycles. The molecule has 1 N–H and O–H groups in total. The summed E-state index contributed by atoms with van der Waals surface area (Å²) < 4.78 is 4.91. The molecule has 0 spiro atoms. The van der Waals surface area contributed by atoms with Crippen LogP contribution in [0.5, 0.6) is 0 Å². The van der Waals surface area contributed by atoms with Crippen LogP contribution < -0.4 is 5.32 Å². The van der Waals surface area contributed by atoms with Crippen molar-refractivity contribution in [2.75, 3.05) is 0 Å². The summed E-state index contributed by atoms with van der Waals surface area (Å²) in [5, 5.41) is 2.75. The Labute approximate surface area is 96.0 Å². The molecule has 1 amide bonds. The lowest BCUT2D eigenvalue weighted by atomic mass is 9.86. The van der Waals surface area contributed by atoms with Crippen molar-refractivity contribution in [3.05, 3.63) is 12.3 Å². The second kappa shape index (κ2) is 7.04. The first-order valence-corrected chi connectivity index (χ1v) is 5.82. The first-order chi connectivity index (χ1) is 7.77. The minimum absolute atomic E-state index is 0.0276. The number of hydrogen-bond acceptors (Lipinski definition) is 3. The Morgan fingerprint density at radius 3 is 3.00 bits per heavy atom. The summed E-state index contributed by atoms with van der Waals surface area (Å²) in [5.41, 5.74) is 0. The lowest BCUT2D eigenvalue weighted by Crippen LogP contribution is -2.33. The van der Waals surface area contributed by atoms with Crippen molar-refractivity contribution < 1.29 is 14.3 Å². The van der Waals surface area contributed by atoms with Gasteiger partial charge in [-0.1, -0.05) is 13.0 Å². The molecule has 1 fully saturated rings. The molecule has 1 aliphatic rings. The van der Waals surface area contributed by atoms with E-state index in [1.807, 2.05) is 13.0 Å². The van der Waals surface area contributed by atoms with E-state index in [4.69, 9.17) is 4.74 Å². The SMILES string of the molecule is CC/C=C\NC(=O)C1CCCC(OC=O)C1. The normalized spacial score (nSPS) is 25.3. The van der Waals surface area contributed by atoms with Crippen molar-refractivity contribution in [2.24, 2.45) is 5.92 Å². The van der Waals surface area contributed by atoms with Crippen molar-refractivity contribution in [2.45, 2.75) is 45.1 Å². The molecule has 4 heteroatoms. The van der Waals surface area contributed by atoms with Gasteiger partial charge in [0.15, 0.2) is 0 Å². The molecule has 0 saturated heterocycles. The van der Waals surface area contributed by atoms with Gasteiger partial charge in [0.25, 0.3) is 6.47 Å². The molecule has 0 aromatic rings. The van der Waals surface area contributed by atoms with E-state index in [1.54, 1.807) is 6.20 Å². The van der Waals surface area contributed by atoms with Gasteiger partial charge in [-0.25, -0.2) is 0 Å². The smallest absolute Gasteiger partial charge is 0.293 e. The number of nitrogens with one attached hydrogen (secondary N) is 1. The molecule has 1 saturated carbocycles. The van der Waals surface area contributed by atoms with Gasteiger partial charge in [-0.15, -0.1) is 0 Å². The molecule has 0 aromatic heterocycles. The molecule has 1 aliphatic carbocycles. The highest BCUT2D eigenvalue weighted by Crippen LogP contribution is 2.26. The molecule has 0 heterocycles. The highest BCUT2D eigenvalue weighted by atomic mass is 16.5. The van der Waals surface area contributed by atoms with Crippen molar-refractivity contribution in [1.29, 1.82) is 0 Å². The van der Waals surface area contributed by atoms with Crippen molar-refractivity contribution in [3.8, 4) is 0 Å². The molecule has 0 aromatic carbocycles. The monoisotopic (exact) mass is 225 g/mol. The van der Waals surface area contributed by atoms with Crippen LogP contribution in [0.1, 0.15) is 39.0 Å². The van der Waals surface area contributed by atoms with Crippen LogP contribution in [0.3, 0.4) is 0 Å². The summed E-state index contributed by atoms with van der Waals surface area (Å²) in [7, 11) is 0. The van der Waals surface area contributed by atoms with Crippen LogP contribution in [0, 0.1) is 5.92 Å². The Bertz CT molecular complexity index is 263. The Morgan fingerprint density at radius 2 is 2.31 bits per heavy atom. The van der Waals surface area contributed by atoms with Crippen LogP contribution in [0.2, 0.25) is 0 Å². The van der Waals surface area contributed by atoms with E-state index in [0.717, 1.165) is 25.7 Å². The van der Waals surface area contributed by atoms with Crippen LogP contribution in [0.4, 0.5) is 0 Å². The number of hydrogen-bond donors (Lipinski definition) is 1. The van der Waals surface area contributed by atoms with E-state index in [0.29, 0.717) is 12.9 Å². The number of amides is 1. The van der Waals surface area contributed by atoms with Gasteiger partial charge < -0.3 is 10.1 Å². The van der Waals surface area contributed by atoms with Crippen LogP contribution in [-0.4, -0.2) is 18.5 Å². The molecule has 16 heavy (non-hydrogen) atoms. The maximum absolute atomic E-state index is 11.7. The minimum Gasteiger partial charge on any atom is -0.465 e. The van der Waals surface area contributed by atoms with Crippen LogP contribution in [0.15, 0.2) is 12.3 Å². The second-order valence-corrected chi connectivity index (χ2v) is 4.04. The van der Waals surface area contributed by atoms with Crippen LogP contribution in [0.25, 0.3) is 0 Å². The molecular formula is C12H19NO3. The molecule has 4 nitrogen and oxygen atoms in total. The van der Waals surface area contributed by atoms with Gasteiger partial charge in [-0.3, -0.25) is 9.59 Å². The maximum Gasteiger partial charge on any atom is 0.293 e. The van der Waals surface area contributed by atoms with E-state index < -0.39 is 0 Å². The molecule has 1 rings (SSSR count). The maximum atomic E-state index is 11.7. The molecular weight excluding hydrogens is 206 g/mol. The first-order valence-electron chi connectivity index (χ1n) is 5.82. The van der Waals surface area contributed by atoms with Crippen molar-refractivity contribution in [3.63, 3.8) is 0 Å². The van der Waals surface area contributed by atoms with E-state index in [1.165, 1.54) is 0 Å². The fourth-order valence-electron chi connectivity index (χ4n) is 1.96. The quantitative estimate of drug-likeness (QED) is 0.725. The second-order valence-electron chi connectivity index (χ2n) is 4.04. The number of carbonyl (C=O) groups excluding carboxylic acids is 2. The zero-order valence-electron chi connectivity index (χ0n) is 9.65. The van der Waals surface area contributed by atoms with Gasteiger partial charge in [-0.05, 0) is 38.3 Å². The van der Waals surface area contributed by atoms with Gasteiger partial charge in [0.2, 0.25) is 5.91 Å². The zero-order valence-corrected chi connectivity index (χ0v) is 9.65. The largest absolute Gasteiger partial charge is 0.465 e. The van der Waals surface area contributed by atoms with Crippen molar-refractivity contribution >= 4 is 12.4 Å². The lowest BCUT2D eigenvalue weighted by molar-refractivity contribution is -0.138. The minimum atomic E-state index is -0.0860. The first kappa shape index (κ1) is 12.7. The molecule has 2 unspecified atom stereocenters. The average Bonchev–Trinajstić information content (AvgIpc) is 2.30. The van der Waals surface area contributed by atoms with Gasteiger partial charge in [0.1, 0.15) is 6.10 Å². The van der Waals surface area contributed by atoms with Gasteiger partial charge in [0.05, 0.1) is 0 Å². The molecule has 2 atom stereocenters. The van der Waals surface area contributed by atoms with Crippen molar-refractivity contribution in [1.82, 2.24) is 5.32 Å². The lowest BCUT2D eigenvalue weighted by Gasteiger charge is -2.26. The number of allylic oxidation sites excluding steroid dienone is 1. The van der Waals surface area contributed by atoms with E-state index in [-0.39, 0.29) is 17.9 Å². The Balaban J connectivity index is 2.37. The van der Waals surface area contributed by atoms with Crippen LogP contribution in [-0.2, 0) is 14.3 Å².